The van der Waals surface area contributed by atoms with Crippen LogP contribution in [0.4, 0.5) is 0 Å². The summed E-state index contributed by atoms with van der Waals surface area (Å²) >= 11 is 0.414. The summed E-state index contributed by atoms with van der Waals surface area (Å²) in [5, 5.41) is 4.58. The molecule has 1 aliphatic rings. The molecule has 0 bridgehead atoms. The van der Waals surface area contributed by atoms with E-state index in [4.69, 9.17) is 18.6 Å². The molecule has 1 unspecified atom stereocenters. The van der Waals surface area contributed by atoms with Crippen molar-refractivity contribution in [2.75, 3.05) is 0 Å². The zero-order chi connectivity index (χ0) is 24.7. The van der Waals surface area contributed by atoms with Crippen LogP contribution in [0.2, 0.25) is 0 Å². The first-order valence-corrected chi connectivity index (χ1v) is 16.2. The molecule has 0 aliphatic heterocycles. The number of hydrogen-bond donors (Lipinski definition) is 0. The number of hydrogen-bond acceptors (Lipinski definition) is 4. The van der Waals surface area contributed by atoms with E-state index in [1.807, 2.05) is 0 Å². The molecule has 180 valence electrons. The molecule has 0 heterocycles. The van der Waals surface area contributed by atoms with Crippen LogP contribution in [0.15, 0.2) is 121 Å². The second kappa shape index (κ2) is 11.8. The van der Waals surface area contributed by atoms with Crippen LogP contribution in [-0.4, -0.2) is 19.5 Å². The van der Waals surface area contributed by atoms with E-state index in [1.54, 1.807) is 0 Å². The molecule has 0 aromatic heterocycles. The Labute approximate surface area is 215 Å². The summed E-state index contributed by atoms with van der Waals surface area (Å²) in [7, 11) is -6.74. The molecule has 4 aromatic carbocycles. The van der Waals surface area contributed by atoms with E-state index < -0.39 is 17.5 Å². The molecule has 0 saturated heterocycles. The van der Waals surface area contributed by atoms with Crippen molar-refractivity contribution in [3.63, 3.8) is 0 Å². The first kappa shape index (κ1) is 26.0. The quantitative estimate of drug-likeness (QED) is 0.231. The fourth-order valence-electron chi connectivity index (χ4n) is 4.39. The van der Waals surface area contributed by atoms with Crippen LogP contribution in [0.25, 0.3) is 0 Å². The van der Waals surface area contributed by atoms with Crippen molar-refractivity contribution in [1.29, 1.82) is 0 Å². The topological polar surface area (TPSA) is 92.2 Å². The van der Waals surface area contributed by atoms with Crippen LogP contribution in [0.1, 0.15) is 12.8 Å². The molecule has 1 saturated carbocycles. The third-order valence-corrected chi connectivity index (χ3v) is 15.4. The monoisotopic (exact) mass is 572 g/mol. The molecule has 0 radical (unpaired) electrons. The Bertz CT molecular complexity index is 1070. The second-order valence-electron chi connectivity index (χ2n) is 8.27. The number of rotatable bonds is 7. The van der Waals surface area contributed by atoms with E-state index >= 15 is 0 Å². The van der Waals surface area contributed by atoms with Crippen LogP contribution in [0.5, 0.6) is 0 Å². The Kier molecular flexibility index (Phi) is 8.77. The minimum absolute atomic E-state index is 0.414. The fourth-order valence-corrected chi connectivity index (χ4v) is 15.3. The Hall–Kier alpha value is -2.04. The van der Waals surface area contributed by atoms with Gasteiger partial charge < -0.3 is 0 Å². The maximum absolute atomic E-state index is 8.49. The van der Waals surface area contributed by atoms with Gasteiger partial charge >= 0.3 is 187 Å². The van der Waals surface area contributed by atoms with Gasteiger partial charge in [0.05, 0.1) is 0 Å². The molecular weight excluding hydrogens is 546 g/mol. The van der Waals surface area contributed by atoms with Crippen molar-refractivity contribution >= 4 is 42.6 Å². The Morgan fingerprint density at radius 2 is 0.886 bits per heavy atom. The summed E-state index contributed by atoms with van der Waals surface area (Å²) in [6.45, 7) is 0. The maximum atomic E-state index is 8.49. The van der Waals surface area contributed by atoms with Crippen molar-refractivity contribution < 1.29 is 28.9 Å². The van der Waals surface area contributed by atoms with Gasteiger partial charge in [0.1, 0.15) is 0 Å². The molecule has 0 amide bonds. The average Bonchev–Trinajstić information content (AvgIpc) is 3.71. The van der Waals surface area contributed by atoms with Gasteiger partial charge in [0, 0.05) is 0 Å². The summed E-state index contributed by atoms with van der Waals surface area (Å²) < 4.78 is 36.2. The zero-order valence-corrected chi connectivity index (χ0v) is 22.3. The van der Waals surface area contributed by atoms with Crippen LogP contribution in [-0.2, 0) is 0 Å². The van der Waals surface area contributed by atoms with Gasteiger partial charge in [-0.3, -0.25) is 0 Å². The summed E-state index contributed by atoms with van der Waals surface area (Å²) in [5.74, 6) is 0.819. The summed E-state index contributed by atoms with van der Waals surface area (Å²) in [5.41, 5.74) is 0. The average molecular weight is 572 g/mol. The van der Waals surface area contributed by atoms with Gasteiger partial charge in [-0.05, 0) is 0 Å². The van der Waals surface area contributed by atoms with Crippen molar-refractivity contribution in [3.8, 4) is 0 Å². The Balaban J connectivity index is 0.000000527. The fraction of sp³-hybridized carbons (Fsp3) is 0.143. The van der Waals surface area contributed by atoms with Gasteiger partial charge in [-0.15, -0.1) is 10.2 Å². The summed E-state index contributed by atoms with van der Waals surface area (Å²) in [4.78, 5) is 0. The molecule has 0 spiro atoms. The predicted octanol–water partition coefficient (Wildman–Crippen LogP) is -0.00970. The summed E-state index contributed by atoms with van der Waals surface area (Å²) in [6.07, 6.45) is 2.74. The van der Waals surface area contributed by atoms with Gasteiger partial charge in [-0.25, -0.2) is 18.6 Å². The van der Waals surface area contributed by atoms with Gasteiger partial charge in [-0.2, -0.15) is 0 Å². The number of halogens is 1. The van der Waals surface area contributed by atoms with E-state index in [9.17, 15) is 0 Å². The molecule has 5 rings (SSSR count). The van der Waals surface area contributed by atoms with Crippen LogP contribution >= 0.6 is 7.26 Å². The molecule has 7 heteroatoms. The first-order chi connectivity index (χ1) is 16.9. The second-order valence-corrected chi connectivity index (χ2v) is 15.9. The van der Waals surface area contributed by atoms with E-state index in [1.165, 1.54) is 33.2 Å². The van der Waals surface area contributed by atoms with Crippen molar-refractivity contribution in [3.05, 3.63) is 121 Å². The Morgan fingerprint density at radius 3 is 1.20 bits per heavy atom. The molecule has 35 heavy (non-hydrogen) atoms. The number of benzene rings is 4. The van der Waals surface area contributed by atoms with Crippen LogP contribution < -0.4 is 39.0 Å². The van der Waals surface area contributed by atoms with E-state index in [2.05, 4.69) is 121 Å². The van der Waals surface area contributed by atoms with Gasteiger partial charge in [0.25, 0.3) is 0 Å². The predicted molar refractivity (Wildman–Crippen MR) is 133 cm³/mol. The SMILES string of the molecule is [O-][Cl+3]([O-])([O-])[O-].c1ccc([Se]C(C2CC2)[P+](c2ccccc2)(c2ccccc2)c2ccccc2)cc1. The zero-order valence-electron chi connectivity index (χ0n) is 19.0. The molecule has 4 nitrogen and oxygen atoms in total. The van der Waals surface area contributed by atoms with E-state index in [0.29, 0.717) is 19.5 Å². The summed E-state index contributed by atoms with van der Waals surface area (Å²) in [6, 6.07) is 45.4. The van der Waals surface area contributed by atoms with E-state index in [0.717, 1.165) is 5.92 Å². The molecule has 0 N–H and O–H groups in total. The van der Waals surface area contributed by atoms with Gasteiger partial charge in [0.2, 0.25) is 0 Å². The molecule has 1 atom stereocenters. The molecule has 1 fully saturated rings. The Morgan fingerprint density at radius 1 is 0.571 bits per heavy atom. The molecule has 1 aliphatic carbocycles. The van der Waals surface area contributed by atoms with Crippen molar-refractivity contribution in [2.24, 2.45) is 5.92 Å². The molecular formula is C28H26ClO4PSe. The van der Waals surface area contributed by atoms with Gasteiger partial charge in [-0.1, -0.05) is 0 Å². The van der Waals surface area contributed by atoms with Crippen LogP contribution in [0, 0.1) is 16.2 Å². The third-order valence-electron chi connectivity index (χ3n) is 5.90. The van der Waals surface area contributed by atoms with Gasteiger partial charge in [0.15, 0.2) is 0 Å². The minimum atomic E-state index is -4.94. The van der Waals surface area contributed by atoms with Crippen LogP contribution in [0.3, 0.4) is 0 Å². The normalized spacial score (nSPS) is 14.5. The third kappa shape index (κ3) is 6.80. The standard InChI is InChI=1S/C28H26PSe.ClHO4/c1-5-13-24(14-6-1)29(25-15-7-2-8-16-25,26-17-9-3-10-18-26)28(23-21-22-23)30-27-19-11-4-12-20-27;2-1(3,4)5/h1-20,23,28H,21-22H2;(H,2,3,4,5)/q+1;/p-1. The molecule has 4 aromatic rings. The first-order valence-electron chi connectivity index (χ1n) is 11.3. The van der Waals surface area contributed by atoms with E-state index in [-0.39, 0.29) is 0 Å². The van der Waals surface area contributed by atoms with Crippen molar-refractivity contribution in [2.45, 2.75) is 17.4 Å². The van der Waals surface area contributed by atoms with Crippen molar-refractivity contribution in [1.82, 2.24) is 0 Å².